The van der Waals surface area contributed by atoms with Crippen molar-refractivity contribution in [2.75, 3.05) is 9.80 Å². The van der Waals surface area contributed by atoms with Crippen LogP contribution in [-0.2, 0) is 27.1 Å². The van der Waals surface area contributed by atoms with E-state index in [0.717, 1.165) is 6.42 Å². The maximum absolute atomic E-state index is 3.37. The molecule has 2 aliphatic heterocycles. The van der Waals surface area contributed by atoms with E-state index >= 15 is 0 Å². The molecular formula is C61H65BN2S. The molecular weight excluding hydrogens is 804 g/mol. The number of thiophene rings is 1. The van der Waals surface area contributed by atoms with Gasteiger partial charge in [0, 0.05) is 43.2 Å². The average Bonchev–Trinajstić information content (AvgIpc) is 3.61. The van der Waals surface area contributed by atoms with E-state index in [4.69, 9.17) is 0 Å². The zero-order chi connectivity index (χ0) is 45.9. The molecule has 4 aliphatic rings. The molecule has 0 saturated carbocycles. The second-order valence-corrected chi connectivity index (χ2v) is 25.1. The molecule has 0 spiro atoms. The van der Waals surface area contributed by atoms with Gasteiger partial charge in [-0.1, -0.05) is 118 Å². The summed E-state index contributed by atoms with van der Waals surface area (Å²) in [6.07, 6.45) is 4.67. The van der Waals surface area contributed by atoms with Crippen molar-refractivity contribution in [3.05, 3.63) is 148 Å². The molecule has 0 atom stereocenters. The van der Waals surface area contributed by atoms with Gasteiger partial charge in [-0.25, -0.2) is 0 Å². The zero-order valence-corrected chi connectivity index (χ0v) is 42.2. The number of benzene rings is 5. The van der Waals surface area contributed by atoms with Crippen LogP contribution in [0.25, 0.3) is 21.2 Å². The first-order valence-electron chi connectivity index (χ1n) is 24.2. The van der Waals surface area contributed by atoms with Gasteiger partial charge in [-0.15, -0.1) is 11.3 Å². The summed E-state index contributed by atoms with van der Waals surface area (Å²) >= 11 is 2.01. The summed E-state index contributed by atoms with van der Waals surface area (Å²) in [5.74, 6) is 0. The maximum atomic E-state index is 3.37. The number of anilines is 6. The van der Waals surface area contributed by atoms with Crippen LogP contribution in [-0.4, -0.2) is 6.71 Å². The van der Waals surface area contributed by atoms with Crippen LogP contribution in [0.4, 0.5) is 34.1 Å². The Morgan fingerprint density at radius 1 is 0.569 bits per heavy atom. The highest BCUT2D eigenvalue weighted by molar-refractivity contribution is 7.33. The minimum atomic E-state index is 0.0292. The Bertz CT molecular complexity index is 3130. The van der Waals surface area contributed by atoms with E-state index < -0.39 is 0 Å². The van der Waals surface area contributed by atoms with E-state index in [1.807, 2.05) is 17.4 Å². The third kappa shape index (κ3) is 6.34. The Kier molecular flexibility index (Phi) is 9.07. The highest BCUT2D eigenvalue weighted by Gasteiger charge is 2.49. The highest BCUT2D eigenvalue weighted by Crippen LogP contribution is 2.55. The largest absolute Gasteiger partial charge is 0.311 e. The molecule has 0 saturated heterocycles. The van der Waals surface area contributed by atoms with Crippen molar-refractivity contribution in [3.63, 3.8) is 0 Å². The van der Waals surface area contributed by atoms with Gasteiger partial charge in [-0.2, -0.15) is 0 Å². The first-order valence-corrected chi connectivity index (χ1v) is 25.0. The summed E-state index contributed by atoms with van der Waals surface area (Å²) in [5.41, 5.74) is 24.4. The number of fused-ring (bicyclic) bond motifs is 8. The van der Waals surface area contributed by atoms with Crippen LogP contribution >= 0.6 is 11.3 Å². The van der Waals surface area contributed by atoms with Crippen molar-refractivity contribution in [3.8, 4) is 11.1 Å². The van der Waals surface area contributed by atoms with Crippen LogP contribution in [0.5, 0.6) is 0 Å². The van der Waals surface area contributed by atoms with E-state index in [-0.39, 0.29) is 33.8 Å². The number of hydrogen-bond acceptors (Lipinski definition) is 3. The maximum Gasteiger partial charge on any atom is 0.264 e. The molecule has 2 nitrogen and oxygen atoms in total. The Balaban J connectivity index is 1.31. The van der Waals surface area contributed by atoms with Crippen LogP contribution in [0.3, 0.4) is 0 Å². The number of rotatable bonds is 3. The highest BCUT2D eigenvalue weighted by atomic mass is 32.1. The van der Waals surface area contributed by atoms with Gasteiger partial charge in [0.05, 0.1) is 11.4 Å². The fraction of sp³-hybridized carbons (Fsp3) is 0.377. The normalized spacial score (nSPS) is 18.3. The Morgan fingerprint density at radius 2 is 1.17 bits per heavy atom. The number of aryl methyl sites for hydroxylation is 3. The summed E-state index contributed by atoms with van der Waals surface area (Å²) < 4.78 is 2.79. The molecule has 0 radical (unpaired) electrons. The zero-order valence-electron chi connectivity index (χ0n) is 41.4. The fourth-order valence-electron chi connectivity index (χ4n) is 12.2. The van der Waals surface area contributed by atoms with E-state index in [1.54, 1.807) is 0 Å². The lowest BCUT2D eigenvalue weighted by molar-refractivity contribution is 0.332. The van der Waals surface area contributed by atoms with Crippen molar-refractivity contribution in [2.24, 2.45) is 0 Å². The summed E-state index contributed by atoms with van der Waals surface area (Å²) in [6.45, 7) is 33.8. The molecule has 0 fully saturated rings. The summed E-state index contributed by atoms with van der Waals surface area (Å²) in [6, 6.07) is 43.0. The molecule has 1 aromatic heterocycles. The van der Waals surface area contributed by atoms with Gasteiger partial charge in [-0.3, -0.25) is 0 Å². The van der Waals surface area contributed by atoms with Crippen LogP contribution in [0.1, 0.15) is 146 Å². The van der Waals surface area contributed by atoms with E-state index in [1.165, 1.54) is 135 Å². The molecule has 0 unspecified atom stereocenters. The van der Waals surface area contributed by atoms with Gasteiger partial charge in [0.1, 0.15) is 0 Å². The standard InChI is InChI=1S/C61H65BN2S/c1-36-20-23-53-42(28-36)55-56(65-53)62-47-33-44-46(61(13,14)27-25-59(44,9)10)35-50(47)63(49-34-45-43(58(7,8)24-26-60(45,11)12)32-41(49)39-18-16-15-17-19-39)51-29-37(2)30-52(54(51)62)64(55)48-22-21-40(31-38(48)3)57(4,5)6/h16,18-23,28-35H,24-27H2,1-14H3. The SMILES string of the molecule is Cc1cc2c3c(c1)N(c1ccc(C(C)(C)C)cc1C)c1c(sc4ccc(C)cc14)B3c1cc3c(cc1N2c1cc2c(cc1-c1cc#ccc1)C(C)(C)CCC2(C)C)C(C)(C)CCC3(C)C. The fourth-order valence-corrected chi connectivity index (χ4v) is 13.5. The van der Waals surface area contributed by atoms with E-state index in [9.17, 15) is 0 Å². The monoisotopic (exact) mass is 868 g/mol. The lowest BCUT2D eigenvalue weighted by atomic mass is 9.35. The molecule has 0 amide bonds. The molecule has 0 bridgehead atoms. The van der Waals surface area contributed by atoms with Gasteiger partial charge in [0.15, 0.2) is 0 Å². The predicted octanol–water partition coefficient (Wildman–Crippen LogP) is 15.2. The van der Waals surface area contributed by atoms with Crippen molar-refractivity contribution in [1.29, 1.82) is 0 Å². The van der Waals surface area contributed by atoms with Gasteiger partial charge in [0.25, 0.3) is 6.71 Å². The molecule has 328 valence electrons. The van der Waals surface area contributed by atoms with Crippen LogP contribution < -0.4 is 25.5 Å². The van der Waals surface area contributed by atoms with Gasteiger partial charge in [-0.05, 0) is 196 Å². The van der Waals surface area contributed by atoms with Gasteiger partial charge >= 0.3 is 0 Å². The average molecular weight is 869 g/mol. The lowest BCUT2D eigenvalue weighted by Gasteiger charge is -2.48. The smallest absolute Gasteiger partial charge is 0.264 e. The topological polar surface area (TPSA) is 6.48 Å². The Labute approximate surface area is 394 Å². The van der Waals surface area contributed by atoms with E-state index in [2.05, 4.69) is 204 Å². The molecule has 11 rings (SSSR count). The first-order chi connectivity index (χ1) is 30.6. The quantitative estimate of drug-likeness (QED) is 0.163. The molecule has 4 heteroatoms. The Morgan fingerprint density at radius 3 is 1.77 bits per heavy atom. The number of nitrogens with zero attached hydrogens (tertiary/aromatic N) is 2. The molecule has 3 heterocycles. The molecule has 6 aromatic carbocycles. The van der Waals surface area contributed by atoms with Crippen LogP contribution in [0.2, 0.25) is 0 Å². The second-order valence-electron chi connectivity index (χ2n) is 24.0. The second kappa shape index (κ2) is 13.9. The molecule has 2 aliphatic carbocycles. The van der Waals surface area contributed by atoms with Gasteiger partial charge < -0.3 is 9.80 Å². The lowest BCUT2D eigenvalue weighted by Crippen LogP contribution is -2.61. The molecule has 65 heavy (non-hydrogen) atoms. The molecule has 0 N–H and O–H groups in total. The van der Waals surface area contributed by atoms with E-state index in [0.29, 0.717) is 0 Å². The van der Waals surface area contributed by atoms with Crippen molar-refractivity contribution in [2.45, 2.75) is 150 Å². The Hall–Kier alpha value is -5.24. The minimum Gasteiger partial charge on any atom is -0.311 e. The van der Waals surface area contributed by atoms with Crippen molar-refractivity contribution < 1.29 is 0 Å². The third-order valence-electron chi connectivity index (χ3n) is 16.4. The van der Waals surface area contributed by atoms with Gasteiger partial charge in [0.2, 0.25) is 0 Å². The van der Waals surface area contributed by atoms with Crippen molar-refractivity contribution >= 4 is 78.0 Å². The molecule has 7 aromatic rings. The first kappa shape index (κ1) is 42.4. The summed E-state index contributed by atoms with van der Waals surface area (Å²) in [4.78, 5) is 5.41. The summed E-state index contributed by atoms with van der Waals surface area (Å²) in [5, 5.41) is 1.35. The van der Waals surface area contributed by atoms with Crippen LogP contribution in [0, 0.1) is 32.9 Å². The number of hydrogen-bond donors (Lipinski definition) is 0. The predicted molar refractivity (Wildman–Crippen MR) is 282 cm³/mol. The minimum absolute atomic E-state index is 0.0292. The third-order valence-corrected chi connectivity index (χ3v) is 17.6. The van der Waals surface area contributed by atoms with Crippen molar-refractivity contribution in [1.82, 2.24) is 0 Å². The van der Waals surface area contributed by atoms with Crippen LogP contribution in [0.15, 0.2) is 91.0 Å². The summed E-state index contributed by atoms with van der Waals surface area (Å²) in [7, 11) is 0.